The van der Waals surface area contributed by atoms with Gasteiger partial charge in [-0.2, -0.15) is 0 Å². The number of hydrogen-bond acceptors (Lipinski definition) is 3. The van der Waals surface area contributed by atoms with Crippen LogP contribution in [0.1, 0.15) is 32.1 Å². The fraction of sp³-hybridized carbons (Fsp3) is 1.00. The molecule has 5 atom stereocenters. The minimum atomic E-state index is -0.305. The zero-order chi connectivity index (χ0) is 10.7. The predicted octanol–water partition coefficient (Wildman–Crippen LogP) is 1.34. The summed E-state index contributed by atoms with van der Waals surface area (Å²) in [6.45, 7) is 0. The fourth-order valence-electron chi connectivity index (χ4n) is 4.50. The number of rotatable bonds is 2. The molecule has 0 aromatic heterocycles. The second-order valence-electron chi connectivity index (χ2n) is 5.75. The molecule has 3 nitrogen and oxygen atoms in total. The first kappa shape index (κ1) is 10.1. The summed E-state index contributed by atoms with van der Waals surface area (Å²) in [5.74, 6) is 1.09. The molecule has 5 unspecified atom stereocenters. The number of aliphatic hydroxyl groups is 1. The van der Waals surface area contributed by atoms with Gasteiger partial charge >= 0.3 is 0 Å². The molecule has 0 radical (unpaired) electrons. The summed E-state index contributed by atoms with van der Waals surface area (Å²) in [4.78, 5) is 0. The van der Waals surface area contributed by atoms with Crippen LogP contribution in [0.5, 0.6) is 0 Å². The molecule has 4 fully saturated rings. The molecular weight excluding hydrogens is 192 g/mol. The second-order valence-corrected chi connectivity index (χ2v) is 5.75. The van der Waals surface area contributed by atoms with Crippen molar-refractivity contribution in [2.75, 3.05) is 14.2 Å². The minimum Gasteiger partial charge on any atom is -0.390 e. The Hall–Kier alpha value is -0.120. The van der Waals surface area contributed by atoms with Crippen molar-refractivity contribution in [3.8, 4) is 0 Å². The molecule has 4 aliphatic carbocycles. The van der Waals surface area contributed by atoms with E-state index >= 15 is 0 Å². The number of aliphatic hydroxyl groups excluding tert-OH is 1. The molecule has 0 saturated heterocycles. The molecule has 0 spiro atoms. The molecular formula is C12H20O3. The zero-order valence-corrected chi connectivity index (χ0v) is 9.53. The Balaban J connectivity index is 1.98. The van der Waals surface area contributed by atoms with Gasteiger partial charge in [-0.15, -0.1) is 0 Å². The van der Waals surface area contributed by atoms with Gasteiger partial charge in [-0.3, -0.25) is 0 Å². The number of hydrogen-bond donors (Lipinski definition) is 1. The van der Waals surface area contributed by atoms with Crippen LogP contribution < -0.4 is 0 Å². The van der Waals surface area contributed by atoms with Crippen molar-refractivity contribution in [2.45, 2.75) is 49.4 Å². The minimum absolute atomic E-state index is 0.00106. The van der Waals surface area contributed by atoms with E-state index in [1.807, 2.05) is 7.11 Å². The monoisotopic (exact) mass is 212 g/mol. The highest BCUT2D eigenvalue weighted by atomic mass is 16.5. The SMILES string of the molecule is COC12CC3CC(C1)C(O)C(OC)(C3)C2. The molecule has 0 aromatic rings. The lowest BCUT2D eigenvalue weighted by Crippen LogP contribution is -2.67. The van der Waals surface area contributed by atoms with Crippen LogP contribution in [0.2, 0.25) is 0 Å². The molecule has 4 aliphatic rings. The van der Waals surface area contributed by atoms with Gasteiger partial charge in [0.2, 0.25) is 0 Å². The topological polar surface area (TPSA) is 38.7 Å². The number of methoxy groups -OCH3 is 2. The molecule has 1 N–H and O–H groups in total. The molecule has 0 amide bonds. The van der Waals surface area contributed by atoms with Crippen LogP contribution in [0.3, 0.4) is 0 Å². The molecule has 4 saturated carbocycles. The lowest BCUT2D eigenvalue weighted by atomic mass is 9.51. The quantitative estimate of drug-likeness (QED) is 0.750. The lowest BCUT2D eigenvalue weighted by molar-refractivity contribution is -0.268. The van der Waals surface area contributed by atoms with Crippen molar-refractivity contribution in [2.24, 2.45) is 11.8 Å². The Morgan fingerprint density at radius 2 is 1.93 bits per heavy atom. The molecule has 0 aromatic carbocycles. The molecule has 4 bridgehead atoms. The maximum atomic E-state index is 10.3. The van der Waals surface area contributed by atoms with Gasteiger partial charge in [-0.25, -0.2) is 0 Å². The predicted molar refractivity (Wildman–Crippen MR) is 55.6 cm³/mol. The highest BCUT2D eigenvalue weighted by Gasteiger charge is 2.63. The first-order valence-corrected chi connectivity index (χ1v) is 5.91. The van der Waals surface area contributed by atoms with Gasteiger partial charge in [0, 0.05) is 20.6 Å². The van der Waals surface area contributed by atoms with Gasteiger partial charge in [-0.1, -0.05) is 0 Å². The summed E-state index contributed by atoms with van der Waals surface area (Å²) in [6.07, 6.45) is 4.97. The Morgan fingerprint density at radius 1 is 1.13 bits per heavy atom. The van der Waals surface area contributed by atoms with Crippen molar-refractivity contribution in [1.82, 2.24) is 0 Å². The van der Waals surface area contributed by atoms with E-state index in [-0.39, 0.29) is 17.3 Å². The normalized spacial score (nSPS) is 57.4. The molecule has 3 heteroatoms. The zero-order valence-electron chi connectivity index (χ0n) is 9.53. The first-order chi connectivity index (χ1) is 7.13. The van der Waals surface area contributed by atoms with Crippen molar-refractivity contribution in [1.29, 1.82) is 0 Å². The summed E-state index contributed by atoms with van der Waals surface area (Å²) >= 11 is 0. The van der Waals surface area contributed by atoms with Crippen LogP contribution in [0.4, 0.5) is 0 Å². The highest BCUT2D eigenvalue weighted by molar-refractivity contribution is 5.14. The molecule has 86 valence electrons. The summed E-state index contributed by atoms with van der Waals surface area (Å²) < 4.78 is 11.4. The maximum absolute atomic E-state index is 10.3. The van der Waals surface area contributed by atoms with E-state index in [1.165, 1.54) is 0 Å². The van der Waals surface area contributed by atoms with Crippen molar-refractivity contribution >= 4 is 0 Å². The van der Waals surface area contributed by atoms with E-state index in [2.05, 4.69) is 0 Å². The molecule has 4 rings (SSSR count). The van der Waals surface area contributed by atoms with E-state index in [9.17, 15) is 5.11 Å². The maximum Gasteiger partial charge on any atom is 0.0969 e. The number of ether oxygens (including phenoxy) is 2. The van der Waals surface area contributed by atoms with Crippen LogP contribution in [0.25, 0.3) is 0 Å². The Kier molecular flexibility index (Phi) is 1.99. The van der Waals surface area contributed by atoms with E-state index in [1.54, 1.807) is 7.11 Å². The molecule has 0 heterocycles. The fourth-order valence-corrected chi connectivity index (χ4v) is 4.50. The van der Waals surface area contributed by atoms with Gasteiger partial charge < -0.3 is 14.6 Å². The van der Waals surface area contributed by atoms with Crippen LogP contribution >= 0.6 is 0 Å². The van der Waals surface area contributed by atoms with Gasteiger partial charge in [0.25, 0.3) is 0 Å². The van der Waals surface area contributed by atoms with Crippen molar-refractivity contribution in [3.63, 3.8) is 0 Å². The third-order valence-corrected chi connectivity index (χ3v) is 5.01. The summed E-state index contributed by atoms with van der Waals surface area (Å²) in [6, 6.07) is 0. The van der Waals surface area contributed by atoms with Crippen molar-refractivity contribution < 1.29 is 14.6 Å². The van der Waals surface area contributed by atoms with Crippen LogP contribution in [-0.2, 0) is 9.47 Å². The van der Waals surface area contributed by atoms with Gasteiger partial charge in [-0.05, 0) is 37.5 Å². The van der Waals surface area contributed by atoms with Gasteiger partial charge in [0.1, 0.15) is 0 Å². The second kappa shape index (κ2) is 2.96. The average Bonchev–Trinajstić information content (AvgIpc) is 2.25. The van der Waals surface area contributed by atoms with E-state index < -0.39 is 0 Å². The Morgan fingerprint density at radius 3 is 2.60 bits per heavy atom. The Labute approximate surface area is 90.8 Å². The van der Waals surface area contributed by atoms with Gasteiger partial charge in [0.15, 0.2) is 0 Å². The third-order valence-electron chi connectivity index (χ3n) is 5.01. The largest absolute Gasteiger partial charge is 0.390 e. The van der Waals surface area contributed by atoms with Crippen LogP contribution in [0, 0.1) is 11.8 Å². The standard InChI is InChI=1S/C12H20O3/c1-14-11-4-8-3-9(6-11)10(13)12(5-8,7-11)15-2/h8-10,13H,3-7H2,1-2H3. The average molecular weight is 212 g/mol. The third kappa shape index (κ3) is 1.17. The van der Waals surface area contributed by atoms with E-state index in [0.29, 0.717) is 11.8 Å². The van der Waals surface area contributed by atoms with Crippen LogP contribution in [0.15, 0.2) is 0 Å². The summed E-state index contributed by atoms with van der Waals surface area (Å²) in [5.41, 5.74) is -0.304. The Bertz CT molecular complexity index is 280. The van der Waals surface area contributed by atoms with Crippen LogP contribution in [-0.4, -0.2) is 36.6 Å². The molecule has 0 aliphatic heterocycles. The lowest BCUT2D eigenvalue weighted by Gasteiger charge is -2.62. The highest BCUT2D eigenvalue weighted by Crippen LogP contribution is 2.59. The van der Waals surface area contributed by atoms with Gasteiger partial charge in [0.05, 0.1) is 17.3 Å². The molecule has 15 heavy (non-hydrogen) atoms. The smallest absolute Gasteiger partial charge is 0.0969 e. The van der Waals surface area contributed by atoms with Crippen molar-refractivity contribution in [3.05, 3.63) is 0 Å². The van der Waals surface area contributed by atoms with E-state index in [0.717, 1.165) is 32.1 Å². The van der Waals surface area contributed by atoms with E-state index in [4.69, 9.17) is 9.47 Å². The summed E-state index contributed by atoms with van der Waals surface area (Å²) in [5, 5.41) is 10.3. The summed E-state index contributed by atoms with van der Waals surface area (Å²) in [7, 11) is 3.54. The first-order valence-electron chi connectivity index (χ1n) is 5.91.